The lowest BCUT2D eigenvalue weighted by Crippen LogP contribution is -2.45. The molecule has 1 saturated heterocycles. The van der Waals surface area contributed by atoms with Gasteiger partial charge in [-0.25, -0.2) is 9.18 Å². The molecule has 0 bridgehead atoms. The van der Waals surface area contributed by atoms with Crippen LogP contribution in [0.15, 0.2) is 28.6 Å². The maximum atomic E-state index is 15.2. The van der Waals surface area contributed by atoms with Crippen LogP contribution in [0, 0.1) is 12.7 Å². The molecule has 2 N–H and O–H groups in total. The maximum absolute atomic E-state index is 15.2. The van der Waals surface area contributed by atoms with E-state index in [1.807, 2.05) is 17.9 Å². The molecule has 0 spiro atoms. The Balaban J connectivity index is 1.47. The van der Waals surface area contributed by atoms with Crippen LogP contribution in [0.2, 0.25) is 0 Å². The highest BCUT2D eigenvalue weighted by molar-refractivity contribution is 5.89. The van der Waals surface area contributed by atoms with E-state index >= 15 is 4.39 Å². The Morgan fingerprint density at radius 3 is 2.93 bits per heavy atom. The van der Waals surface area contributed by atoms with Gasteiger partial charge in [0.05, 0.1) is 11.9 Å². The van der Waals surface area contributed by atoms with Crippen molar-refractivity contribution in [3.8, 4) is 11.5 Å². The van der Waals surface area contributed by atoms with Crippen LogP contribution in [-0.4, -0.2) is 54.2 Å². The number of carboxylic acids is 1. The first-order chi connectivity index (χ1) is 14.4. The molecule has 30 heavy (non-hydrogen) atoms. The molecule has 1 fully saturated rings. The molecule has 0 radical (unpaired) electrons. The summed E-state index contributed by atoms with van der Waals surface area (Å²) < 4.78 is 31.6. The molecule has 0 saturated carbocycles. The Morgan fingerprint density at radius 2 is 2.20 bits per heavy atom. The van der Waals surface area contributed by atoms with Crippen molar-refractivity contribution in [1.29, 1.82) is 0 Å². The molecule has 0 aliphatic carbocycles. The second-order valence-corrected chi connectivity index (χ2v) is 7.47. The molecule has 4 heterocycles. The van der Waals surface area contributed by atoms with Crippen molar-refractivity contribution in [2.45, 2.75) is 19.4 Å². The van der Waals surface area contributed by atoms with Gasteiger partial charge in [-0.15, -0.1) is 0 Å². The molecular weight excluding hydrogens is 397 g/mol. The van der Waals surface area contributed by atoms with Crippen LogP contribution >= 0.6 is 0 Å². The van der Waals surface area contributed by atoms with Crippen LogP contribution in [0.25, 0.3) is 0 Å². The van der Waals surface area contributed by atoms with E-state index in [0.29, 0.717) is 36.1 Å². The maximum Gasteiger partial charge on any atom is 0.373 e. The third kappa shape index (κ3) is 2.98. The zero-order valence-electron chi connectivity index (χ0n) is 16.4. The lowest BCUT2D eigenvalue weighted by molar-refractivity contribution is -0.135. The molecule has 0 unspecified atom stereocenters. The van der Waals surface area contributed by atoms with E-state index in [1.54, 1.807) is 17.1 Å². The molecule has 1 aromatic carbocycles. The standard InChI is InChI=1S/C19H20FN5O5/c1-10-5-15(30-22-10)21-11-3-4-24(7-11)16-12(20)6-13-17-18(16)28-9-23(2)25(17)8-14(29-13)19(26)27/h5-6,8,11,21H,3-4,7,9H2,1-2H3,(H,26,27)/t11-/m0/s1. The third-order valence-electron chi connectivity index (χ3n) is 5.29. The number of hydrazine groups is 1. The molecule has 11 heteroatoms. The highest BCUT2D eigenvalue weighted by atomic mass is 19.1. The zero-order chi connectivity index (χ0) is 21.0. The SMILES string of the molecule is Cc1cc(N[C@H]2CCN(c3c(F)cc4c5c3OCN(C)N5C=C(C(=O)O)O4)C2)on1. The largest absolute Gasteiger partial charge is 0.475 e. The number of nitrogens with zero attached hydrogens (tertiary/aromatic N) is 4. The van der Waals surface area contributed by atoms with Gasteiger partial charge in [-0.05, 0) is 13.3 Å². The van der Waals surface area contributed by atoms with E-state index in [9.17, 15) is 9.90 Å². The lowest BCUT2D eigenvalue weighted by atomic mass is 10.1. The second kappa shape index (κ2) is 6.80. The normalized spacial score (nSPS) is 20.4. The summed E-state index contributed by atoms with van der Waals surface area (Å²) in [6.07, 6.45) is 2.14. The summed E-state index contributed by atoms with van der Waals surface area (Å²) in [5.74, 6) is -1.04. The molecule has 2 aromatic rings. The quantitative estimate of drug-likeness (QED) is 0.769. The van der Waals surface area contributed by atoms with Gasteiger partial charge in [-0.2, -0.15) is 5.01 Å². The lowest BCUT2D eigenvalue weighted by Gasteiger charge is -2.40. The van der Waals surface area contributed by atoms with Crippen molar-refractivity contribution in [2.24, 2.45) is 0 Å². The fourth-order valence-corrected chi connectivity index (χ4v) is 3.93. The number of ether oxygens (including phenoxy) is 2. The van der Waals surface area contributed by atoms with Gasteiger partial charge in [-0.3, -0.25) is 5.01 Å². The Kier molecular flexibility index (Phi) is 4.21. The van der Waals surface area contributed by atoms with Gasteiger partial charge < -0.3 is 29.3 Å². The van der Waals surface area contributed by atoms with Crippen LogP contribution in [0.5, 0.6) is 11.5 Å². The van der Waals surface area contributed by atoms with E-state index < -0.39 is 11.8 Å². The van der Waals surface area contributed by atoms with Crippen molar-refractivity contribution in [3.05, 3.63) is 35.6 Å². The summed E-state index contributed by atoms with van der Waals surface area (Å²) in [4.78, 5) is 13.3. The van der Waals surface area contributed by atoms with Gasteiger partial charge in [0.15, 0.2) is 24.0 Å². The van der Waals surface area contributed by atoms with Gasteiger partial charge in [-0.1, -0.05) is 5.16 Å². The van der Waals surface area contributed by atoms with Crippen molar-refractivity contribution in [2.75, 3.05) is 42.1 Å². The van der Waals surface area contributed by atoms with Crippen molar-refractivity contribution in [3.63, 3.8) is 0 Å². The van der Waals surface area contributed by atoms with Gasteiger partial charge in [0, 0.05) is 38.3 Å². The second-order valence-electron chi connectivity index (χ2n) is 7.47. The van der Waals surface area contributed by atoms with E-state index in [-0.39, 0.29) is 24.3 Å². The number of anilines is 3. The Bertz CT molecular complexity index is 1050. The van der Waals surface area contributed by atoms with Crippen molar-refractivity contribution < 1.29 is 28.3 Å². The van der Waals surface area contributed by atoms with E-state index in [4.69, 9.17) is 14.0 Å². The summed E-state index contributed by atoms with van der Waals surface area (Å²) in [5, 5.41) is 19.7. The number of aliphatic carboxylic acids is 1. The number of hydrogen-bond acceptors (Lipinski definition) is 9. The predicted molar refractivity (Wildman–Crippen MR) is 104 cm³/mol. The fraction of sp³-hybridized carbons (Fsp3) is 0.368. The Labute approximate surface area is 171 Å². The molecule has 3 aliphatic rings. The van der Waals surface area contributed by atoms with Gasteiger partial charge in [0.1, 0.15) is 11.4 Å². The van der Waals surface area contributed by atoms with Gasteiger partial charge >= 0.3 is 5.97 Å². The number of rotatable bonds is 4. The molecule has 158 valence electrons. The van der Waals surface area contributed by atoms with Crippen LogP contribution in [0.1, 0.15) is 12.1 Å². The summed E-state index contributed by atoms with van der Waals surface area (Å²) in [5.41, 5.74) is 1.59. The highest BCUT2D eigenvalue weighted by Gasteiger charge is 2.38. The molecule has 1 atom stereocenters. The minimum absolute atomic E-state index is 0.0529. The summed E-state index contributed by atoms with van der Waals surface area (Å²) in [7, 11) is 1.74. The molecule has 10 nitrogen and oxygen atoms in total. The molecule has 1 aromatic heterocycles. The molecular formula is C19H20FN5O5. The summed E-state index contributed by atoms with van der Waals surface area (Å²) in [6.45, 7) is 3.14. The number of carboxylic acid groups (broad SMARTS) is 1. The number of aryl methyl sites for hydroxylation is 1. The molecule has 3 aliphatic heterocycles. The summed E-state index contributed by atoms with van der Waals surface area (Å²) >= 11 is 0. The molecule has 0 amide bonds. The average Bonchev–Trinajstić information content (AvgIpc) is 3.33. The number of halogens is 1. The first-order valence-corrected chi connectivity index (χ1v) is 9.48. The van der Waals surface area contributed by atoms with E-state index in [1.165, 1.54) is 12.3 Å². The summed E-state index contributed by atoms with van der Waals surface area (Å²) in [6, 6.07) is 3.07. The smallest absolute Gasteiger partial charge is 0.373 e. The number of carbonyl (C=O) groups is 1. The van der Waals surface area contributed by atoms with Gasteiger partial charge in [0.2, 0.25) is 11.6 Å². The minimum Gasteiger partial charge on any atom is -0.475 e. The topological polar surface area (TPSA) is 104 Å². The van der Waals surface area contributed by atoms with Crippen LogP contribution in [0.4, 0.5) is 21.6 Å². The average molecular weight is 417 g/mol. The first-order valence-electron chi connectivity index (χ1n) is 9.48. The fourth-order valence-electron chi connectivity index (χ4n) is 3.93. The number of nitrogens with one attached hydrogen (secondary N) is 1. The predicted octanol–water partition coefficient (Wildman–Crippen LogP) is 2.13. The third-order valence-corrected chi connectivity index (χ3v) is 5.29. The number of aromatic nitrogens is 1. The highest BCUT2D eigenvalue weighted by Crippen LogP contribution is 2.51. The van der Waals surface area contributed by atoms with Crippen molar-refractivity contribution >= 4 is 23.2 Å². The minimum atomic E-state index is -1.23. The Morgan fingerprint density at radius 1 is 1.37 bits per heavy atom. The zero-order valence-corrected chi connectivity index (χ0v) is 16.4. The van der Waals surface area contributed by atoms with Crippen LogP contribution < -0.4 is 24.7 Å². The first kappa shape index (κ1) is 18.6. The monoisotopic (exact) mass is 417 g/mol. The van der Waals surface area contributed by atoms with Crippen LogP contribution in [0.3, 0.4) is 0 Å². The number of hydrogen-bond donors (Lipinski definition) is 2. The van der Waals surface area contributed by atoms with Crippen molar-refractivity contribution in [1.82, 2.24) is 10.2 Å². The van der Waals surface area contributed by atoms with E-state index in [0.717, 1.165) is 12.1 Å². The van der Waals surface area contributed by atoms with E-state index in [2.05, 4.69) is 10.5 Å². The Hall–Kier alpha value is -3.47. The number of benzene rings is 1. The van der Waals surface area contributed by atoms with Gasteiger partial charge in [0.25, 0.3) is 0 Å². The molecule has 5 rings (SSSR count). The van der Waals surface area contributed by atoms with Crippen LogP contribution in [-0.2, 0) is 4.79 Å².